The third kappa shape index (κ3) is 27.5. The van der Waals surface area contributed by atoms with Crippen LogP contribution in [0.1, 0.15) is 0 Å². The molecule has 1 saturated heterocycles. The van der Waals surface area contributed by atoms with Gasteiger partial charge in [-0.1, -0.05) is 6.08 Å². The molecule has 1 aliphatic rings. The minimum atomic E-state index is 0.0833. The Morgan fingerprint density at radius 3 is 2.00 bits per heavy atom. The molecule has 0 atom stereocenters. The van der Waals surface area contributed by atoms with E-state index in [-0.39, 0.29) is 6.61 Å². The van der Waals surface area contributed by atoms with E-state index < -0.39 is 0 Å². The third-order valence-electron chi connectivity index (χ3n) is 0.333. The molecule has 1 heterocycles. The van der Waals surface area contributed by atoms with E-state index >= 15 is 0 Å². The number of ether oxygens (including phenoxy) is 1. The predicted molar refractivity (Wildman–Crippen MR) is 28.1 cm³/mol. The van der Waals surface area contributed by atoms with Gasteiger partial charge in [-0.05, 0) is 0 Å². The quantitative estimate of drug-likeness (QED) is 0.378. The van der Waals surface area contributed by atoms with Crippen molar-refractivity contribution < 1.29 is 9.84 Å². The van der Waals surface area contributed by atoms with Gasteiger partial charge in [0.1, 0.15) is 0 Å². The average Bonchev–Trinajstić information content (AvgIpc) is 2.47. The molecule has 2 heteroatoms. The summed E-state index contributed by atoms with van der Waals surface area (Å²) in [7, 11) is 0. The topological polar surface area (TPSA) is 32.8 Å². The zero-order valence-electron chi connectivity index (χ0n) is 4.26. The van der Waals surface area contributed by atoms with Crippen LogP contribution in [0.25, 0.3) is 0 Å². The van der Waals surface area contributed by atoms with Gasteiger partial charge in [-0.3, -0.25) is 0 Å². The van der Waals surface area contributed by atoms with Crippen molar-refractivity contribution in [3.8, 4) is 0 Å². The molecule has 0 spiro atoms. The summed E-state index contributed by atoms with van der Waals surface area (Å²) in [6.45, 7) is 5.31. The number of hydrogen-bond donors (Lipinski definition) is 1. The Labute approximate surface area is 43.4 Å². The molecule has 0 aliphatic carbocycles. The largest absolute Gasteiger partial charge is 0.392 e. The fraction of sp³-hybridized carbons (Fsp3) is 0.600. The second-order valence-corrected chi connectivity index (χ2v) is 1.08. The summed E-state index contributed by atoms with van der Waals surface area (Å²) < 4.78 is 4.50. The Morgan fingerprint density at radius 2 is 2.00 bits per heavy atom. The normalized spacial score (nSPS) is 13.9. The maximum atomic E-state index is 7.76. The van der Waals surface area contributed by atoms with Crippen LogP contribution >= 0.6 is 0 Å². The van der Waals surface area contributed by atoms with Crippen molar-refractivity contribution in [3.63, 3.8) is 0 Å². The number of rotatable bonds is 1. The highest BCUT2D eigenvalue weighted by Gasteiger charge is 1.94. The zero-order chi connectivity index (χ0) is 5.54. The maximum Gasteiger partial charge on any atom is 0.0701 e. The van der Waals surface area contributed by atoms with E-state index in [0.717, 1.165) is 13.2 Å². The predicted octanol–water partition coefficient (Wildman–Crippen LogP) is 0.181. The molecule has 0 radical (unpaired) electrons. The van der Waals surface area contributed by atoms with E-state index in [0.29, 0.717) is 0 Å². The monoisotopic (exact) mass is 102 g/mol. The Balaban J connectivity index is 0.000000105. The highest BCUT2D eigenvalue weighted by molar-refractivity contribution is 4.60. The molecule has 0 aromatic carbocycles. The first-order valence-corrected chi connectivity index (χ1v) is 2.21. The molecule has 1 fully saturated rings. The van der Waals surface area contributed by atoms with E-state index in [1.165, 1.54) is 6.08 Å². The maximum absolute atomic E-state index is 7.76. The first-order chi connectivity index (χ1) is 3.41. The van der Waals surface area contributed by atoms with Crippen LogP contribution in [0.5, 0.6) is 0 Å². The molecule has 2 nitrogen and oxygen atoms in total. The lowest BCUT2D eigenvalue weighted by Gasteiger charge is -1.60. The van der Waals surface area contributed by atoms with Gasteiger partial charge in [-0.2, -0.15) is 0 Å². The van der Waals surface area contributed by atoms with Gasteiger partial charge in [0.05, 0.1) is 19.8 Å². The summed E-state index contributed by atoms with van der Waals surface area (Å²) in [6.07, 6.45) is 1.43. The molecule has 42 valence electrons. The van der Waals surface area contributed by atoms with Gasteiger partial charge < -0.3 is 9.84 Å². The van der Waals surface area contributed by atoms with Gasteiger partial charge in [0.25, 0.3) is 0 Å². The number of hydrogen-bond acceptors (Lipinski definition) is 2. The van der Waals surface area contributed by atoms with Gasteiger partial charge in [0.15, 0.2) is 0 Å². The third-order valence-corrected chi connectivity index (χ3v) is 0.333. The summed E-state index contributed by atoms with van der Waals surface area (Å²) in [5.41, 5.74) is 0. The van der Waals surface area contributed by atoms with Crippen molar-refractivity contribution in [2.24, 2.45) is 0 Å². The van der Waals surface area contributed by atoms with Crippen molar-refractivity contribution in [1.29, 1.82) is 0 Å². The first-order valence-electron chi connectivity index (χ1n) is 2.21. The van der Waals surface area contributed by atoms with Crippen LogP contribution < -0.4 is 0 Å². The highest BCUT2D eigenvalue weighted by atomic mass is 16.6. The molecule has 0 saturated carbocycles. The summed E-state index contributed by atoms with van der Waals surface area (Å²) in [5, 5.41) is 7.76. The number of epoxide rings is 1. The van der Waals surface area contributed by atoms with Crippen LogP contribution in [0.15, 0.2) is 12.7 Å². The molecular weight excluding hydrogens is 92.1 g/mol. The number of aliphatic hydroxyl groups excluding tert-OH is 1. The summed E-state index contributed by atoms with van der Waals surface area (Å²) in [5.74, 6) is 0. The Hall–Kier alpha value is -0.340. The molecule has 7 heavy (non-hydrogen) atoms. The average molecular weight is 102 g/mol. The molecule has 0 bridgehead atoms. The molecule has 0 unspecified atom stereocenters. The van der Waals surface area contributed by atoms with E-state index in [1.54, 1.807) is 0 Å². The lowest BCUT2D eigenvalue weighted by molar-refractivity contribution is 0.343. The van der Waals surface area contributed by atoms with Crippen LogP contribution in [0.3, 0.4) is 0 Å². The molecule has 1 rings (SSSR count). The van der Waals surface area contributed by atoms with Crippen molar-refractivity contribution in [2.75, 3.05) is 19.8 Å². The van der Waals surface area contributed by atoms with Crippen LogP contribution in [0.2, 0.25) is 0 Å². The van der Waals surface area contributed by atoms with Gasteiger partial charge in [0.2, 0.25) is 0 Å². The molecule has 1 N–H and O–H groups in total. The van der Waals surface area contributed by atoms with Gasteiger partial charge >= 0.3 is 0 Å². The SMILES string of the molecule is C1CO1.C=CCO. The second kappa shape index (κ2) is 5.66. The summed E-state index contributed by atoms with van der Waals surface area (Å²) in [6, 6.07) is 0. The Bertz CT molecular complexity index is 38.6. The van der Waals surface area contributed by atoms with E-state index in [2.05, 4.69) is 11.3 Å². The van der Waals surface area contributed by atoms with Gasteiger partial charge in [-0.25, -0.2) is 0 Å². The first kappa shape index (κ1) is 6.66. The van der Waals surface area contributed by atoms with Crippen LogP contribution in [0, 0.1) is 0 Å². The summed E-state index contributed by atoms with van der Waals surface area (Å²) >= 11 is 0. The van der Waals surface area contributed by atoms with Crippen LogP contribution in [-0.4, -0.2) is 24.9 Å². The molecule has 0 aromatic heterocycles. The van der Waals surface area contributed by atoms with Gasteiger partial charge in [0, 0.05) is 0 Å². The highest BCUT2D eigenvalue weighted by Crippen LogP contribution is 1.84. The van der Waals surface area contributed by atoms with Crippen LogP contribution in [-0.2, 0) is 4.74 Å². The summed E-state index contributed by atoms with van der Waals surface area (Å²) in [4.78, 5) is 0. The smallest absolute Gasteiger partial charge is 0.0701 e. The molecule has 0 aromatic rings. The van der Waals surface area contributed by atoms with E-state index in [1.807, 2.05) is 0 Å². The van der Waals surface area contributed by atoms with E-state index in [4.69, 9.17) is 5.11 Å². The zero-order valence-corrected chi connectivity index (χ0v) is 4.26. The van der Waals surface area contributed by atoms with Crippen molar-refractivity contribution >= 4 is 0 Å². The second-order valence-electron chi connectivity index (χ2n) is 1.08. The van der Waals surface area contributed by atoms with Crippen molar-refractivity contribution in [2.45, 2.75) is 0 Å². The standard InChI is InChI=1S/C3H6O.C2H4O/c1-2-3-4;1-2-3-1/h2,4H,1,3H2;1-2H2. The van der Waals surface area contributed by atoms with Gasteiger partial charge in [-0.15, -0.1) is 6.58 Å². The van der Waals surface area contributed by atoms with E-state index in [9.17, 15) is 0 Å². The fourth-order valence-electron chi connectivity index (χ4n) is 0. The molecule has 0 amide bonds. The van der Waals surface area contributed by atoms with Crippen LogP contribution in [0.4, 0.5) is 0 Å². The Kier molecular flexibility index (Phi) is 5.39. The minimum Gasteiger partial charge on any atom is -0.392 e. The lowest BCUT2D eigenvalue weighted by Crippen LogP contribution is -1.62. The molecule has 1 aliphatic heterocycles. The lowest BCUT2D eigenvalue weighted by atomic mass is 10.7. The Morgan fingerprint density at radius 1 is 1.71 bits per heavy atom. The molecular formula is C5H10O2. The number of aliphatic hydroxyl groups is 1. The van der Waals surface area contributed by atoms with Crippen molar-refractivity contribution in [1.82, 2.24) is 0 Å². The minimum absolute atomic E-state index is 0.0833. The van der Waals surface area contributed by atoms with Crippen molar-refractivity contribution in [3.05, 3.63) is 12.7 Å². The fourth-order valence-corrected chi connectivity index (χ4v) is 0.